The number of amides is 1. The van der Waals surface area contributed by atoms with Gasteiger partial charge in [0.05, 0.1) is 18.7 Å². The van der Waals surface area contributed by atoms with Crippen molar-refractivity contribution in [2.24, 2.45) is 0 Å². The highest BCUT2D eigenvalue weighted by atomic mass is 19.2. The fourth-order valence-electron chi connectivity index (χ4n) is 2.41. The van der Waals surface area contributed by atoms with E-state index < -0.39 is 11.6 Å². The van der Waals surface area contributed by atoms with Crippen LogP contribution in [0.3, 0.4) is 0 Å². The summed E-state index contributed by atoms with van der Waals surface area (Å²) in [7, 11) is 1.36. The first-order chi connectivity index (χ1) is 12.5. The summed E-state index contributed by atoms with van der Waals surface area (Å²) in [4.78, 5) is 15.8. The summed E-state index contributed by atoms with van der Waals surface area (Å²) in [5.41, 5.74) is 0.697. The molecule has 26 heavy (non-hydrogen) atoms. The molecule has 0 unspecified atom stereocenters. The molecule has 2 aromatic heterocycles. The fraction of sp³-hybridized carbons (Fsp3) is 0.176. The van der Waals surface area contributed by atoms with E-state index in [2.05, 4.69) is 15.4 Å². The van der Waals surface area contributed by atoms with Crippen LogP contribution in [0.5, 0.6) is 5.75 Å². The van der Waals surface area contributed by atoms with Crippen molar-refractivity contribution >= 4 is 17.5 Å². The predicted octanol–water partition coefficient (Wildman–Crippen LogP) is 2.93. The van der Waals surface area contributed by atoms with Crippen molar-refractivity contribution in [1.29, 1.82) is 5.26 Å². The normalized spacial score (nSPS) is 10.5. The van der Waals surface area contributed by atoms with E-state index in [-0.39, 0.29) is 36.0 Å². The lowest BCUT2D eigenvalue weighted by molar-refractivity contribution is -0.116. The topological polar surface area (TPSA) is 92.3 Å². The third kappa shape index (κ3) is 3.30. The molecule has 0 atom stereocenters. The number of hydrogen-bond donors (Lipinski definition) is 1. The van der Waals surface area contributed by atoms with E-state index in [0.717, 1.165) is 6.07 Å². The first-order valence-electron chi connectivity index (χ1n) is 7.59. The van der Waals surface area contributed by atoms with Crippen LogP contribution in [0.15, 0.2) is 30.5 Å². The molecule has 0 saturated carbocycles. The molecule has 0 bridgehead atoms. The van der Waals surface area contributed by atoms with E-state index in [9.17, 15) is 13.6 Å². The summed E-state index contributed by atoms with van der Waals surface area (Å²) < 4.78 is 34.3. The second kappa shape index (κ2) is 7.14. The maximum atomic E-state index is 14.2. The van der Waals surface area contributed by atoms with E-state index in [1.54, 1.807) is 12.1 Å². The predicted molar refractivity (Wildman–Crippen MR) is 88.4 cm³/mol. The lowest BCUT2D eigenvalue weighted by atomic mass is 10.1. The number of ether oxygens (including phenoxy) is 1. The SMILES string of the molecule is COc1ccc(F)c(F)c1-c1ccc2nc(NC(=O)CCC#N)nn2c1. The summed E-state index contributed by atoms with van der Waals surface area (Å²) in [6.45, 7) is 0. The molecule has 0 aliphatic rings. The molecule has 132 valence electrons. The van der Waals surface area contributed by atoms with Crippen LogP contribution in [0.25, 0.3) is 16.8 Å². The second-order valence-corrected chi connectivity index (χ2v) is 5.30. The third-order valence-corrected chi connectivity index (χ3v) is 3.61. The Labute approximate surface area is 146 Å². The number of aromatic nitrogens is 3. The molecule has 2 heterocycles. The van der Waals surface area contributed by atoms with E-state index >= 15 is 0 Å². The van der Waals surface area contributed by atoms with Gasteiger partial charge in [-0.2, -0.15) is 10.2 Å². The van der Waals surface area contributed by atoms with Gasteiger partial charge in [-0.25, -0.2) is 13.3 Å². The van der Waals surface area contributed by atoms with Crippen molar-refractivity contribution in [3.63, 3.8) is 0 Å². The average molecular weight is 357 g/mol. The highest BCUT2D eigenvalue weighted by molar-refractivity contribution is 5.89. The molecular weight excluding hydrogens is 344 g/mol. The fourth-order valence-corrected chi connectivity index (χ4v) is 2.41. The maximum Gasteiger partial charge on any atom is 0.249 e. The molecule has 7 nitrogen and oxygen atoms in total. The van der Waals surface area contributed by atoms with Crippen molar-refractivity contribution in [2.75, 3.05) is 12.4 Å². The summed E-state index contributed by atoms with van der Waals surface area (Å²) in [6, 6.07) is 7.29. The van der Waals surface area contributed by atoms with E-state index in [1.165, 1.54) is 23.9 Å². The molecule has 0 spiro atoms. The van der Waals surface area contributed by atoms with Gasteiger partial charge in [-0.05, 0) is 24.3 Å². The first-order valence-corrected chi connectivity index (χ1v) is 7.59. The Balaban J connectivity index is 1.97. The Morgan fingerprint density at radius 2 is 2.15 bits per heavy atom. The Hall–Kier alpha value is -3.54. The zero-order valence-corrected chi connectivity index (χ0v) is 13.7. The molecule has 0 aliphatic heterocycles. The second-order valence-electron chi connectivity index (χ2n) is 5.30. The Morgan fingerprint density at radius 1 is 1.35 bits per heavy atom. The molecular formula is C17H13F2N5O2. The van der Waals surface area contributed by atoms with Gasteiger partial charge in [0, 0.05) is 24.6 Å². The van der Waals surface area contributed by atoms with Crippen LogP contribution in [-0.4, -0.2) is 27.6 Å². The number of nitrogens with zero attached hydrogens (tertiary/aromatic N) is 4. The van der Waals surface area contributed by atoms with Crippen molar-refractivity contribution in [2.45, 2.75) is 12.8 Å². The number of benzene rings is 1. The minimum Gasteiger partial charge on any atom is -0.496 e. The molecule has 3 aromatic rings. The van der Waals surface area contributed by atoms with Crippen LogP contribution >= 0.6 is 0 Å². The number of anilines is 1. The minimum atomic E-state index is -1.03. The number of nitriles is 1. The van der Waals surface area contributed by atoms with Gasteiger partial charge >= 0.3 is 0 Å². The van der Waals surface area contributed by atoms with E-state index in [1.807, 2.05) is 6.07 Å². The molecule has 0 aliphatic carbocycles. The zero-order valence-electron chi connectivity index (χ0n) is 13.7. The highest BCUT2D eigenvalue weighted by Gasteiger charge is 2.17. The van der Waals surface area contributed by atoms with Gasteiger partial charge in [0.1, 0.15) is 5.75 Å². The monoisotopic (exact) mass is 357 g/mol. The zero-order chi connectivity index (χ0) is 18.7. The van der Waals surface area contributed by atoms with Crippen LogP contribution in [0, 0.1) is 23.0 Å². The third-order valence-electron chi connectivity index (χ3n) is 3.61. The molecule has 3 rings (SSSR count). The van der Waals surface area contributed by atoms with Crippen LogP contribution in [0.1, 0.15) is 12.8 Å². The Bertz CT molecular complexity index is 1030. The van der Waals surface area contributed by atoms with Gasteiger partial charge in [-0.15, -0.1) is 5.10 Å². The molecule has 0 radical (unpaired) electrons. The Kier molecular flexibility index (Phi) is 4.75. The number of methoxy groups -OCH3 is 1. The Morgan fingerprint density at radius 3 is 2.88 bits per heavy atom. The van der Waals surface area contributed by atoms with Crippen LogP contribution < -0.4 is 10.1 Å². The summed E-state index contributed by atoms with van der Waals surface area (Å²) in [6.07, 6.45) is 1.57. The van der Waals surface area contributed by atoms with Gasteiger partial charge in [0.2, 0.25) is 11.9 Å². The summed E-state index contributed by atoms with van der Waals surface area (Å²) in [5.74, 6) is -2.19. The number of pyridine rings is 1. The standard InChI is InChI=1S/C17H13F2N5O2/c1-26-12-6-5-11(18)16(19)15(12)10-4-7-13-21-17(23-24(13)9-10)22-14(25)3-2-8-20/h4-7,9H,2-3H2,1H3,(H,22,23,25). The average Bonchev–Trinajstić information content (AvgIpc) is 3.03. The lowest BCUT2D eigenvalue weighted by Crippen LogP contribution is -2.12. The van der Waals surface area contributed by atoms with Gasteiger partial charge in [-0.3, -0.25) is 10.1 Å². The van der Waals surface area contributed by atoms with Gasteiger partial charge < -0.3 is 4.74 Å². The number of halogens is 2. The smallest absolute Gasteiger partial charge is 0.249 e. The number of carbonyl (C=O) groups excluding carboxylic acids is 1. The number of nitrogens with one attached hydrogen (secondary N) is 1. The number of rotatable bonds is 5. The van der Waals surface area contributed by atoms with E-state index in [4.69, 9.17) is 10.00 Å². The van der Waals surface area contributed by atoms with Crippen molar-refractivity contribution in [1.82, 2.24) is 14.6 Å². The molecule has 1 aromatic carbocycles. The summed E-state index contributed by atoms with van der Waals surface area (Å²) >= 11 is 0. The molecule has 9 heteroatoms. The van der Waals surface area contributed by atoms with Crippen molar-refractivity contribution < 1.29 is 18.3 Å². The van der Waals surface area contributed by atoms with Crippen LogP contribution in [0.4, 0.5) is 14.7 Å². The minimum absolute atomic E-state index is 0.0308. The quantitative estimate of drug-likeness (QED) is 0.758. The van der Waals surface area contributed by atoms with Gasteiger partial charge in [-0.1, -0.05) is 0 Å². The highest BCUT2D eigenvalue weighted by Crippen LogP contribution is 2.33. The number of fused-ring (bicyclic) bond motifs is 1. The number of carbonyl (C=O) groups is 1. The molecule has 0 saturated heterocycles. The largest absolute Gasteiger partial charge is 0.496 e. The molecule has 1 N–H and O–H groups in total. The summed E-state index contributed by atoms with van der Waals surface area (Å²) in [5, 5.41) is 15.1. The van der Waals surface area contributed by atoms with Gasteiger partial charge in [0.15, 0.2) is 17.3 Å². The van der Waals surface area contributed by atoms with Crippen molar-refractivity contribution in [3.8, 4) is 22.9 Å². The first kappa shape index (κ1) is 17.3. The lowest BCUT2D eigenvalue weighted by Gasteiger charge is -2.10. The molecule has 1 amide bonds. The van der Waals surface area contributed by atoms with Crippen LogP contribution in [0.2, 0.25) is 0 Å². The maximum absolute atomic E-state index is 14.2. The van der Waals surface area contributed by atoms with E-state index in [0.29, 0.717) is 11.2 Å². The van der Waals surface area contributed by atoms with Gasteiger partial charge in [0.25, 0.3) is 0 Å². The van der Waals surface area contributed by atoms with Crippen molar-refractivity contribution in [3.05, 3.63) is 42.1 Å². The van der Waals surface area contributed by atoms with Crippen LogP contribution in [-0.2, 0) is 4.79 Å². The molecule has 0 fully saturated rings. The number of hydrogen-bond acceptors (Lipinski definition) is 5.